The Balaban J connectivity index is 2.24. The molecule has 2 unspecified atom stereocenters. The smallest absolute Gasteiger partial charge is 0.120 e. The van der Waals surface area contributed by atoms with Crippen molar-refractivity contribution in [3.63, 3.8) is 0 Å². The molecule has 0 saturated carbocycles. The molecule has 0 aromatic heterocycles. The van der Waals surface area contributed by atoms with E-state index in [1.165, 1.54) is 0 Å². The highest BCUT2D eigenvalue weighted by atomic mass is 16.5. The molecule has 2 rings (SSSR count). The van der Waals surface area contributed by atoms with E-state index in [9.17, 15) is 5.11 Å². The van der Waals surface area contributed by atoms with Crippen LogP contribution in [0, 0.1) is 0 Å². The van der Waals surface area contributed by atoms with Gasteiger partial charge in [-0.1, -0.05) is 6.07 Å². The number of ether oxygens (including phenoxy) is 1. The van der Waals surface area contributed by atoms with Gasteiger partial charge in [0.2, 0.25) is 0 Å². The first-order valence-corrected chi connectivity index (χ1v) is 6.87. The molecule has 1 aliphatic rings. The fourth-order valence-electron chi connectivity index (χ4n) is 2.63. The van der Waals surface area contributed by atoms with E-state index in [4.69, 9.17) is 4.74 Å². The van der Waals surface area contributed by atoms with Gasteiger partial charge < -0.3 is 19.6 Å². The minimum absolute atomic E-state index is 0.141. The topological polar surface area (TPSA) is 35.9 Å². The molecule has 1 aromatic rings. The Morgan fingerprint density at radius 1 is 1.42 bits per heavy atom. The maximum atomic E-state index is 9.68. The zero-order chi connectivity index (χ0) is 13.8. The van der Waals surface area contributed by atoms with E-state index < -0.39 is 0 Å². The molecular formula is C15H24N2O2. The predicted molar refractivity (Wildman–Crippen MR) is 77.9 cm³/mol. The van der Waals surface area contributed by atoms with Crippen molar-refractivity contribution in [3.8, 4) is 5.75 Å². The Morgan fingerprint density at radius 2 is 2.21 bits per heavy atom. The Morgan fingerprint density at radius 3 is 2.89 bits per heavy atom. The fraction of sp³-hybridized carbons (Fsp3) is 0.600. The number of benzene rings is 1. The van der Waals surface area contributed by atoms with E-state index in [0.29, 0.717) is 6.04 Å². The van der Waals surface area contributed by atoms with Gasteiger partial charge in [-0.25, -0.2) is 0 Å². The number of hydrogen-bond donors (Lipinski definition) is 1. The van der Waals surface area contributed by atoms with Crippen LogP contribution in [0.3, 0.4) is 0 Å². The number of aliphatic hydroxyl groups excluding tert-OH is 1. The Kier molecular flexibility index (Phi) is 4.66. The third-order valence-electron chi connectivity index (χ3n) is 4.08. The molecule has 0 spiro atoms. The van der Waals surface area contributed by atoms with Gasteiger partial charge in [0.05, 0.1) is 19.8 Å². The molecule has 1 aromatic carbocycles. The van der Waals surface area contributed by atoms with Gasteiger partial charge in [0.1, 0.15) is 5.75 Å². The van der Waals surface area contributed by atoms with Gasteiger partial charge in [-0.15, -0.1) is 0 Å². The molecule has 4 heteroatoms. The monoisotopic (exact) mass is 264 g/mol. The highest BCUT2D eigenvalue weighted by Crippen LogP contribution is 2.25. The minimum Gasteiger partial charge on any atom is -0.497 e. The third kappa shape index (κ3) is 3.19. The second kappa shape index (κ2) is 6.26. The molecular weight excluding hydrogens is 240 g/mol. The van der Waals surface area contributed by atoms with E-state index in [1.54, 1.807) is 7.11 Å². The molecule has 1 fully saturated rings. The maximum Gasteiger partial charge on any atom is 0.120 e. The summed E-state index contributed by atoms with van der Waals surface area (Å²) in [5.74, 6) is 0.861. The predicted octanol–water partition coefficient (Wildman–Crippen LogP) is 1.59. The second-order valence-corrected chi connectivity index (χ2v) is 5.31. The van der Waals surface area contributed by atoms with Crippen molar-refractivity contribution in [2.75, 3.05) is 38.8 Å². The SMILES string of the molecule is COc1cccc(N2CCC(C)N(C)CC2CO)c1. The molecule has 0 amide bonds. The molecule has 2 atom stereocenters. The van der Waals surface area contributed by atoms with E-state index >= 15 is 0 Å². The van der Waals surface area contributed by atoms with Crippen LogP contribution < -0.4 is 9.64 Å². The van der Waals surface area contributed by atoms with Gasteiger partial charge in [0, 0.05) is 30.9 Å². The molecule has 106 valence electrons. The van der Waals surface area contributed by atoms with Crippen LogP contribution in [0.1, 0.15) is 13.3 Å². The van der Waals surface area contributed by atoms with Crippen molar-refractivity contribution >= 4 is 5.69 Å². The van der Waals surface area contributed by atoms with Crippen molar-refractivity contribution in [2.24, 2.45) is 0 Å². The quantitative estimate of drug-likeness (QED) is 0.899. The Labute approximate surface area is 115 Å². The van der Waals surface area contributed by atoms with Crippen molar-refractivity contribution in [2.45, 2.75) is 25.4 Å². The molecule has 0 bridgehead atoms. The summed E-state index contributed by atoms with van der Waals surface area (Å²) in [6, 6.07) is 8.76. The summed E-state index contributed by atoms with van der Waals surface area (Å²) in [5.41, 5.74) is 1.13. The average molecular weight is 264 g/mol. The van der Waals surface area contributed by atoms with Crippen molar-refractivity contribution in [3.05, 3.63) is 24.3 Å². The molecule has 0 radical (unpaired) electrons. The number of rotatable bonds is 3. The summed E-state index contributed by atoms with van der Waals surface area (Å²) in [6.07, 6.45) is 1.10. The van der Waals surface area contributed by atoms with Crippen molar-refractivity contribution < 1.29 is 9.84 Å². The fourth-order valence-corrected chi connectivity index (χ4v) is 2.63. The van der Waals surface area contributed by atoms with Crippen LogP contribution in [0.2, 0.25) is 0 Å². The second-order valence-electron chi connectivity index (χ2n) is 5.31. The summed E-state index contributed by atoms with van der Waals surface area (Å²) < 4.78 is 5.29. The van der Waals surface area contributed by atoms with E-state index in [1.807, 2.05) is 18.2 Å². The largest absolute Gasteiger partial charge is 0.497 e. The number of methoxy groups -OCH3 is 1. The normalized spacial score (nSPS) is 25.2. The molecule has 1 N–H and O–H groups in total. The highest BCUT2D eigenvalue weighted by Gasteiger charge is 2.26. The van der Waals surface area contributed by atoms with Crippen molar-refractivity contribution in [1.29, 1.82) is 0 Å². The zero-order valence-electron chi connectivity index (χ0n) is 12.0. The van der Waals surface area contributed by atoms with E-state index in [0.717, 1.165) is 30.9 Å². The zero-order valence-corrected chi connectivity index (χ0v) is 12.0. The van der Waals surface area contributed by atoms with E-state index in [2.05, 4.69) is 29.8 Å². The molecule has 4 nitrogen and oxygen atoms in total. The van der Waals surface area contributed by atoms with Crippen LogP contribution in [0.4, 0.5) is 5.69 Å². The molecule has 1 heterocycles. The lowest BCUT2D eigenvalue weighted by Crippen LogP contribution is -2.43. The first-order valence-electron chi connectivity index (χ1n) is 6.87. The van der Waals surface area contributed by atoms with Crippen LogP contribution in [0.5, 0.6) is 5.75 Å². The molecule has 1 aliphatic heterocycles. The third-order valence-corrected chi connectivity index (χ3v) is 4.08. The van der Waals surface area contributed by atoms with Crippen LogP contribution in [0.15, 0.2) is 24.3 Å². The Hall–Kier alpha value is -1.26. The van der Waals surface area contributed by atoms with Crippen LogP contribution in [0.25, 0.3) is 0 Å². The first-order chi connectivity index (χ1) is 9.15. The lowest BCUT2D eigenvalue weighted by molar-refractivity contribution is 0.206. The van der Waals surface area contributed by atoms with Gasteiger partial charge >= 0.3 is 0 Å². The van der Waals surface area contributed by atoms with Gasteiger partial charge in [0.25, 0.3) is 0 Å². The van der Waals surface area contributed by atoms with Crippen LogP contribution >= 0.6 is 0 Å². The molecule has 0 aliphatic carbocycles. The number of anilines is 1. The first kappa shape index (κ1) is 14.2. The van der Waals surface area contributed by atoms with Crippen molar-refractivity contribution in [1.82, 2.24) is 4.90 Å². The van der Waals surface area contributed by atoms with Crippen LogP contribution in [-0.4, -0.2) is 55.9 Å². The summed E-state index contributed by atoms with van der Waals surface area (Å²) in [4.78, 5) is 4.61. The number of aliphatic hydroxyl groups is 1. The number of nitrogens with zero attached hydrogens (tertiary/aromatic N) is 2. The van der Waals surface area contributed by atoms with Gasteiger partial charge in [-0.3, -0.25) is 0 Å². The van der Waals surface area contributed by atoms with Crippen LogP contribution in [-0.2, 0) is 0 Å². The molecule has 1 saturated heterocycles. The average Bonchev–Trinajstić information content (AvgIpc) is 2.59. The standard InChI is InChI=1S/C15H24N2O2/c1-12-7-8-17(14(11-18)10-16(12)2)13-5-4-6-15(9-13)19-3/h4-6,9,12,14,18H,7-8,10-11H2,1-3H3. The summed E-state index contributed by atoms with van der Waals surface area (Å²) in [7, 11) is 3.81. The Bertz CT molecular complexity index is 411. The molecule has 19 heavy (non-hydrogen) atoms. The van der Waals surface area contributed by atoms with E-state index in [-0.39, 0.29) is 12.6 Å². The lowest BCUT2D eigenvalue weighted by atomic mass is 10.2. The lowest BCUT2D eigenvalue weighted by Gasteiger charge is -2.31. The summed E-state index contributed by atoms with van der Waals surface area (Å²) >= 11 is 0. The number of hydrogen-bond acceptors (Lipinski definition) is 4. The summed E-state index contributed by atoms with van der Waals surface area (Å²) in [6.45, 7) is 4.26. The van der Waals surface area contributed by atoms with Gasteiger partial charge in [-0.05, 0) is 32.5 Å². The number of likely N-dealkylation sites (N-methyl/N-ethyl adjacent to an activating group) is 1. The maximum absolute atomic E-state index is 9.68. The minimum atomic E-state index is 0.141. The van der Waals surface area contributed by atoms with Gasteiger partial charge in [-0.2, -0.15) is 0 Å². The highest BCUT2D eigenvalue weighted by molar-refractivity contribution is 5.52. The van der Waals surface area contributed by atoms with Gasteiger partial charge in [0.15, 0.2) is 0 Å². The summed E-state index contributed by atoms with van der Waals surface area (Å²) in [5, 5.41) is 9.68.